The molecular formula is C11H9BrClNO2. The minimum atomic E-state index is -0.208. The Morgan fingerprint density at radius 1 is 1.62 bits per heavy atom. The first-order valence-corrected chi connectivity index (χ1v) is 6.29. The SMILES string of the molecule is O=CC1Cc2cc(C(=O)CBr)c(Cl)cc2N1. The van der Waals surface area contributed by atoms with E-state index in [0.29, 0.717) is 17.0 Å². The van der Waals surface area contributed by atoms with Gasteiger partial charge in [-0.3, -0.25) is 4.79 Å². The summed E-state index contributed by atoms with van der Waals surface area (Å²) in [7, 11) is 0. The number of ketones is 1. The summed E-state index contributed by atoms with van der Waals surface area (Å²) in [6.07, 6.45) is 1.47. The fourth-order valence-corrected chi connectivity index (χ4v) is 2.35. The van der Waals surface area contributed by atoms with E-state index in [1.807, 2.05) is 0 Å². The van der Waals surface area contributed by atoms with Gasteiger partial charge < -0.3 is 10.1 Å². The molecule has 3 nitrogen and oxygen atoms in total. The molecule has 0 aromatic heterocycles. The van der Waals surface area contributed by atoms with Gasteiger partial charge in [-0.15, -0.1) is 0 Å². The van der Waals surface area contributed by atoms with Crippen molar-refractivity contribution in [2.75, 3.05) is 10.6 Å². The Bertz CT molecular complexity index is 462. The zero-order chi connectivity index (χ0) is 11.7. The first kappa shape index (κ1) is 11.6. The van der Waals surface area contributed by atoms with Crippen molar-refractivity contribution in [2.45, 2.75) is 12.5 Å². The number of aldehydes is 1. The average Bonchev–Trinajstić information content (AvgIpc) is 2.68. The lowest BCUT2D eigenvalue weighted by Crippen LogP contribution is -2.16. The summed E-state index contributed by atoms with van der Waals surface area (Å²) in [5.74, 6) is -0.0534. The van der Waals surface area contributed by atoms with Crippen LogP contribution in [-0.2, 0) is 11.2 Å². The van der Waals surface area contributed by atoms with Gasteiger partial charge in [0.05, 0.1) is 16.4 Å². The minimum Gasteiger partial charge on any atom is -0.375 e. The van der Waals surface area contributed by atoms with E-state index in [1.165, 1.54) is 0 Å². The maximum Gasteiger partial charge on any atom is 0.174 e. The number of Topliss-reactive ketones (excluding diaryl/α,β-unsaturated/α-hetero) is 1. The number of hydrogen-bond donors (Lipinski definition) is 1. The summed E-state index contributed by atoms with van der Waals surface area (Å²) in [6.45, 7) is 0. The normalized spacial score (nSPS) is 17.8. The molecule has 0 saturated carbocycles. The topological polar surface area (TPSA) is 46.2 Å². The lowest BCUT2D eigenvalue weighted by Gasteiger charge is -2.05. The third kappa shape index (κ3) is 1.99. The molecule has 16 heavy (non-hydrogen) atoms. The van der Waals surface area contributed by atoms with Crippen LogP contribution in [-0.4, -0.2) is 23.4 Å². The van der Waals surface area contributed by atoms with Crippen LogP contribution in [0.5, 0.6) is 0 Å². The summed E-state index contributed by atoms with van der Waals surface area (Å²) < 4.78 is 0. The van der Waals surface area contributed by atoms with Crippen LogP contribution in [0.25, 0.3) is 0 Å². The Balaban J connectivity index is 2.40. The zero-order valence-electron chi connectivity index (χ0n) is 8.30. The highest BCUT2D eigenvalue weighted by atomic mass is 79.9. The van der Waals surface area contributed by atoms with Crippen LogP contribution in [0.1, 0.15) is 15.9 Å². The van der Waals surface area contributed by atoms with Crippen LogP contribution in [0.3, 0.4) is 0 Å². The molecule has 1 unspecified atom stereocenters. The molecule has 1 aliphatic rings. The number of carbonyl (C=O) groups excluding carboxylic acids is 2. The van der Waals surface area contributed by atoms with Crippen molar-refractivity contribution in [2.24, 2.45) is 0 Å². The Kier molecular flexibility index (Phi) is 3.30. The van der Waals surface area contributed by atoms with Gasteiger partial charge in [0, 0.05) is 17.7 Å². The molecule has 84 valence electrons. The van der Waals surface area contributed by atoms with Gasteiger partial charge in [0.25, 0.3) is 0 Å². The van der Waals surface area contributed by atoms with Gasteiger partial charge in [0.1, 0.15) is 6.29 Å². The van der Waals surface area contributed by atoms with Gasteiger partial charge in [0.2, 0.25) is 0 Å². The number of nitrogens with one attached hydrogen (secondary N) is 1. The first-order valence-electron chi connectivity index (χ1n) is 4.79. The summed E-state index contributed by atoms with van der Waals surface area (Å²) in [5.41, 5.74) is 2.31. The Hall–Kier alpha value is -0.870. The number of fused-ring (bicyclic) bond motifs is 1. The van der Waals surface area contributed by atoms with Gasteiger partial charge >= 0.3 is 0 Å². The van der Waals surface area contributed by atoms with Crippen molar-refractivity contribution in [3.63, 3.8) is 0 Å². The molecule has 0 saturated heterocycles. The van der Waals surface area contributed by atoms with E-state index in [9.17, 15) is 9.59 Å². The second kappa shape index (κ2) is 4.55. The number of halogens is 2. The fraction of sp³-hybridized carbons (Fsp3) is 0.273. The fourth-order valence-electron chi connectivity index (χ4n) is 1.78. The maximum absolute atomic E-state index is 11.6. The summed E-state index contributed by atoms with van der Waals surface area (Å²) in [4.78, 5) is 22.2. The number of rotatable bonds is 3. The Morgan fingerprint density at radius 2 is 2.38 bits per heavy atom. The molecule has 1 aromatic carbocycles. The number of anilines is 1. The summed E-state index contributed by atoms with van der Waals surface area (Å²) >= 11 is 9.11. The zero-order valence-corrected chi connectivity index (χ0v) is 10.6. The molecule has 1 heterocycles. The van der Waals surface area contributed by atoms with Crippen LogP contribution in [0.4, 0.5) is 5.69 Å². The van der Waals surface area contributed by atoms with Crippen LogP contribution >= 0.6 is 27.5 Å². The van der Waals surface area contributed by atoms with Crippen molar-refractivity contribution < 1.29 is 9.59 Å². The van der Waals surface area contributed by atoms with Crippen LogP contribution < -0.4 is 5.32 Å². The highest BCUT2D eigenvalue weighted by Gasteiger charge is 2.22. The Morgan fingerprint density at radius 3 is 3.00 bits per heavy atom. The standard InChI is InChI=1S/C11H9BrClNO2/c12-4-11(16)8-2-6-1-7(5-15)14-10(6)3-9(8)13/h2-3,5,7,14H,1,4H2. The van der Waals surface area contributed by atoms with E-state index in [2.05, 4.69) is 21.2 Å². The van der Waals surface area contributed by atoms with E-state index in [4.69, 9.17) is 11.6 Å². The second-order valence-electron chi connectivity index (χ2n) is 3.64. The van der Waals surface area contributed by atoms with Gasteiger partial charge in [-0.05, 0) is 17.7 Å². The third-order valence-corrected chi connectivity index (χ3v) is 3.38. The Labute approximate surface area is 106 Å². The lowest BCUT2D eigenvalue weighted by molar-refractivity contribution is -0.108. The predicted molar refractivity (Wildman–Crippen MR) is 66.8 cm³/mol. The monoisotopic (exact) mass is 301 g/mol. The van der Waals surface area contributed by atoms with E-state index < -0.39 is 0 Å². The number of alkyl halides is 1. The van der Waals surface area contributed by atoms with Crippen molar-refractivity contribution in [3.05, 3.63) is 28.3 Å². The van der Waals surface area contributed by atoms with E-state index in [0.717, 1.165) is 17.5 Å². The van der Waals surface area contributed by atoms with Crippen molar-refractivity contribution >= 4 is 45.3 Å². The minimum absolute atomic E-state index is 0.0534. The molecular weight excluding hydrogens is 293 g/mol. The maximum atomic E-state index is 11.6. The molecule has 0 aliphatic carbocycles. The quantitative estimate of drug-likeness (QED) is 0.530. The lowest BCUT2D eigenvalue weighted by atomic mass is 10.0. The summed E-state index contributed by atoms with van der Waals surface area (Å²) in [5, 5.41) is 3.70. The van der Waals surface area contributed by atoms with Crippen molar-refractivity contribution in [1.82, 2.24) is 0 Å². The van der Waals surface area contributed by atoms with Crippen LogP contribution in [0.15, 0.2) is 12.1 Å². The molecule has 1 N–H and O–H groups in total. The molecule has 1 atom stereocenters. The molecule has 0 bridgehead atoms. The van der Waals surface area contributed by atoms with E-state index in [-0.39, 0.29) is 17.2 Å². The number of carbonyl (C=O) groups is 2. The first-order chi connectivity index (χ1) is 7.65. The molecule has 0 amide bonds. The van der Waals surface area contributed by atoms with Gasteiger partial charge in [-0.25, -0.2) is 0 Å². The second-order valence-corrected chi connectivity index (χ2v) is 4.60. The smallest absolute Gasteiger partial charge is 0.174 e. The molecule has 0 radical (unpaired) electrons. The highest BCUT2D eigenvalue weighted by molar-refractivity contribution is 9.09. The van der Waals surface area contributed by atoms with Crippen LogP contribution in [0, 0.1) is 0 Å². The molecule has 0 fully saturated rings. The number of benzene rings is 1. The summed E-state index contributed by atoms with van der Waals surface area (Å²) in [6, 6.07) is 3.26. The van der Waals surface area contributed by atoms with Gasteiger partial charge in [0.15, 0.2) is 5.78 Å². The molecule has 2 rings (SSSR count). The van der Waals surface area contributed by atoms with Gasteiger partial charge in [-0.1, -0.05) is 27.5 Å². The molecule has 0 spiro atoms. The van der Waals surface area contributed by atoms with Crippen molar-refractivity contribution in [1.29, 1.82) is 0 Å². The molecule has 5 heteroatoms. The molecule has 1 aromatic rings. The van der Waals surface area contributed by atoms with Gasteiger partial charge in [-0.2, -0.15) is 0 Å². The van der Waals surface area contributed by atoms with Crippen molar-refractivity contribution in [3.8, 4) is 0 Å². The average molecular weight is 303 g/mol. The molecule has 1 aliphatic heterocycles. The van der Waals surface area contributed by atoms with Crippen LogP contribution in [0.2, 0.25) is 5.02 Å². The predicted octanol–water partition coefficient (Wildman–Crippen LogP) is 2.45. The van der Waals surface area contributed by atoms with E-state index >= 15 is 0 Å². The highest BCUT2D eigenvalue weighted by Crippen LogP contribution is 2.31. The van der Waals surface area contributed by atoms with E-state index in [1.54, 1.807) is 12.1 Å². The third-order valence-electron chi connectivity index (χ3n) is 2.56. The largest absolute Gasteiger partial charge is 0.375 e. The number of hydrogen-bond acceptors (Lipinski definition) is 3.